The van der Waals surface area contributed by atoms with E-state index in [2.05, 4.69) is 10.3 Å². The van der Waals surface area contributed by atoms with Gasteiger partial charge >= 0.3 is 0 Å². The number of hydrogen-bond donors (Lipinski definition) is 1. The summed E-state index contributed by atoms with van der Waals surface area (Å²) in [6.45, 7) is 4.71. The van der Waals surface area contributed by atoms with E-state index in [1.807, 2.05) is 24.6 Å². The van der Waals surface area contributed by atoms with Gasteiger partial charge < -0.3 is 14.6 Å². The van der Waals surface area contributed by atoms with Crippen LogP contribution in [0, 0.1) is 0 Å². The van der Waals surface area contributed by atoms with Gasteiger partial charge in [0.05, 0.1) is 7.11 Å². The Morgan fingerprint density at radius 1 is 1.45 bits per heavy atom. The number of imidazole rings is 1. The molecule has 1 amide bonds. The third-order valence-corrected chi connectivity index (χ3v) is 3.53. The lowest BCUT2D eigenvalue weighted by Crippen LogP contribution is -2.27. The zero-order valence-electron chi connectivity index (χ0n) is 13.0. The van der Waals surface area contributed by atoms with E-state index in [0.717, 1.165) is 11.4 Å². The van der Waals surface area contributed by atoms with Gasteiger partial charge in [0, 0.05) is 35.4 Å². The average molecular weight is 322 g/mol. The number of benzene rings is 1. The van der Waals surface area contributed by atoms with Crippen LogP contribution in [0.25, 0.3) is 0 Å². The Bertz CT molecular complexity index is 653. The Labute approximate surface area is 135 Å². The highest BCUT2D eigenvalue weighted by Crippen LogP contribution is 2.22. The second kappa shape index (κ2) is 7.31. The molecular formula is C16H20ClN3O2. The molecule has 0 fully saturated rings. The topological polar surface area (TPSA) is 56.1 Å². The fraction of sp³-hybridized carbons (Fsp3) is 0.375. The molecule has 1 heterocycles. The first-order chi connectivity index (χ1) is 10.5. The first kappa shape index (κ1) is 16.4. The number of amides is 1. The first-order valence-corrected chi connectivity index (χ1v) is 7.49. The summed E-state index contributed by atoms with van der Waals surface area (Å²) in [5.74, 6) is 1.79. The van der Waals surface area contributed by atoms with Crippen LogP contribution in [-0.4, -0.2) is 22.6 Å². The molecular weight excluding hydrogens is 302 g/mol. The van der Waals surface area contributed by atoms with E-state index in [0.29, 0.717) is 17.3 Å². The molecule has 1 aromatic heterocycles. The number of aromatic nitrogens is 2. The molecule has 2 rings (SSSR count). The molecule has 0 spiro atoms. The van der Waals surface area contributed by atoms with Gasteiger partial charge in [0.1, 0.15) is 18.1 Å². The fourth-order valence-corrected chi connectivity index (χ4v) is 2.44. The van der Waals surface area contributed by atoms with Gasteiger partial charge in [-0.15, -0.1) is 0 Å². The van der Waals surface area contributed by atoms with E-state index < -0.39 is 0 Å². The van der Waals surface area contributed by atoms with E-state index in [-0.39, 0.29) is 18.4 Å². The monoisotopic (exact) mass is 321 g/mol. The Kier molecular flexibility index (Phi) is 5.44. The Hall–Kier alpha value is -2.01. The minimum Gasteiger partial charge on any atom is -0.496 e. The van der Waals surface area contributed by atoms with Crippen LogP contribution in [0.3, 0.4) is 0 Å². The van der Waals surface area contributed by atoms with Gasteiger partial charge in [-0.1, -0.05) is 25.4 Å². The number of ether oxygens (including phenoxy) is 1. The number of carbonyl (C=O) groups is 1. The van der Waals surface area contributed by atoms with Crippen molar-refractivity contribution in [2.45, 2.75) is 32.9 Å². The molecule has 0 bridgehead atoms. The third-order valence-electron chi connectivity index (χ3n) is 3.30. The van der Waals surface area contributed by atoms with Crippen LogP contribution < -0.4 is 10.1 Å². The number of nitrogens with zero attached hydrogens (tertiary/aromatic N) is 2. The van der Waals surface area contributed by atoms with E-state index in [9.17, 15) is 4.79 Å². The Balaban J connectivity index is 1.98. The molecule has 118 valence electrons. The summed E-state index contributed by atoms with van der Waals surface area (Å²) in [6.07, 6.45) is 3.53. The zero-order chi connectivity index (χ0) is 16.1. The lowest BCUT2D eigenvalue weighted by atomic mass is 10.2. The van der Waals surface area contributed by atoms with Crippen LogP contribution in [0.4, 0.5) is 0 Å². The van der Waals surface area contributed by atoms with Gasteiger partial charge in [0.15, 0.2) is 0 Å². The van der Waals surface area contributed by atoms with Crippen molar-refractivity contribution >= 4 is 17.5 Å². The van der Waals surface area contributed by atoms with Crippen molar-refractivity contribution in [2.24, 2.45) is 0 Å². The van der Waals surface area contributed by atoms with Crippen molar-refractivity contribution in [2.75, 3.05) is 7.11 Å². The summed E-state index contributed by atoms with van der Waals surface area (Å²) in [6, 6.07) is 5.33. The maximum absolute atomic E-state index is 12.1. The second-order valence-electron chi connectivity index (χ2n) is 5.30. The van der Waals surface area contributed by atoms with Crippen molar-refractivity contribution in [3.8, 4) is 5.75 Å². The maximum Gasteiger partial charge on any atom is 0.240 e. The van der Waals surface area contributed by atoms with Crippen LogP contribution in [0.2, 0.25) is 5.02 Å². The molecule has 0 radical (unpaired) electrons. The van der Waals surface area contributed by atoms with Gasteiger partial charge in [0.25, 0.3) is 0 Å². The quantitative estimate of drug-likeness (QED) is 0.890. The molecule has 0 aliphatic rings. The lowest BCUT2D eigenvalue weighted by Gasteiger charge is -2.12. The molecule has 1 aromatic carbocycles. The molecule has 0 atom stereocenters. The smallest absolute Gasteiger partial charge is 0.240 e. The summed E-state index contributed by atoms with van der Waals surface area (Å²) in [5, 5.41) is 3.49. The number of rotatable bonds is 6. The predicted octanol–water partition coefficient (Wildman–Crippen LogP) is 2.98. The van der Waals surface area contributed by atoms with Crippen LogP contribution in [-0.2, 0) is 17.9 Å². The second-order valence-corrected chi connectivity index (χ2v) is 5.74. The van der Waals surface area contributed by atoms with Crippen molar-refractivity contribution in [3.63, 3.8) is 0 Å². The van der Waals surface area contributed by atoms with Gasteiger partial charge in [-0.25, -0.2) is 4.98 Å². The average Bonchev–Trinajstić information content (AvgIpc) is 2.93. The summed E-state index contributed by atoms with van der Waals surface area (Å²) in [5.41, 5.74) is 0.845. The molecule has 6 heteroatoms. The predicted molar refractivity (Wildman–Crippen MR) is 86.2 cm³/mol. The highest BCUT2D eigenvalue weighted by atomic mass is 35.5. The van der Waals surface area contributed by atoms with Crippen molar-refractivity contribution in [1.82, 2.24) is 14.9 Å². The summed E-state index contributed by atoms with van der Waals surface area (Å²) < 4.78 is 7.12. The van der Waals surface area contributed by atoms with Crippen LogP contribution in [0.1, 0.15) is 31.2 Å². The number of carbonyl (C=O) groups excluding carboxylic acids is 1. The standard InChI is InChI=1S/C16H20ClN3O2/c1-11(2)16-18-6-7-20(16)10-15(21)19-9-12-8-13(17)4-5-14(12)22-3/h4-8,11H,9-10H2,1-3H3,(H,19,21). The molecule has 1 N–H and O–H groups in total. The van der Waals surface area contributed by atoms with Crippen molar-refractivity contribution in [3.05, 3.63) is 47.0 Å². The minimum absolute atomic E-state index is 0.0815. The number of halogens is 1. The number of methoxy groups -OCH3 is 1. The van der Waals surface area contributed by atoms with Crippen LogP contribution in [0.15, 0.2) is 30.6 Å². The maximum atomic E-state index is 12.1. The van der Waals surface area contributed by atoms with Gasteiger partial charge in [-0.05, 0) is 18.2 Å². The number of hydrogen-bond acceptors (Lipinski definition) is 3. The molecule has 0 aliphatic carbocycles. The third kappa shape index (κ3) is 4.01. The van der Waals surface area contributed by atoms with Gasteiger partial charge in [0.2, 0.25) is 5.91 Å². The highest BCUT2D eigenvalue weighted by molar-refractivity contribution is 6.30. The highest BCUT2D eigenvalue weighted by Gasteiger charge is 2.11. The summed E-state index contributed by atoms with van der Waals surface area (Å²) in [7, 11) is 1.59. The molecule has 22 heavy (non-hydrogen) atoms. The molecule has 2 aromatic rings. The summed E-state index contributed by atoms with van der Waals surface area (Å²) in [4.78, 5) is 16.4. The van der Waals surface area contributed by atoms with E-state index in [1.165, 1.54) is 0 Å². The minimum atomic E-state index is -0.0815. The van der Waals surface area contributed by atoms with Gasteiger partial charge in [-0.3, -0.25) is 4.79 Å². The van der Waals surface area contributed by atoms with E-state index in [1.54, 1.807) is 31.5 Å². The van der Waals surface area contributed by atoms with Gasteiger partial charge in [-0.2, -0.15) is 0 Å². The molecule has 5 nitrogen and oxygen atoms in total. The van der Waals surface area contributed by atoms with Crippen molar-refractivity contribution in [1.29, 1.82) is 0 Å². The van der Waals surface area contributed by atoms with E-state index in [4.69, 9.17) is 16.3 Å². The Morgan fingerprint density at radius 3 is 2.91 bits per heavy atom. The normalized spacial score (nSPS) is 10.8. The zero-order valence-corrected chi connectivity index (χ0v) is 13.7. The Morgan fingerprint density at radius 2 is 2.23 bits per heavy atom. The molecule has 0 saturated heterocycles. The SMILES string of the molecule is COc1ccc(Cl)cc1CNC(=O)Cn1ccnc1C(C)C. The van der Waals surface area contributed by atoms with Crippen LogP contribution in [0.5, 0.6) is 5.75 Å². The summed E-state index contributed by atoms with van der Waals surface area (Å²) >= 11 is 5.98. The number of nitrogens with one attached hydrogen (secondary N) is 1. The largest absolute Gasteiger partial charge is 0.496 e. The van der Waals surface area contributed by atoms with E-state index >= 15 is 0 Å². The molecule has 0 aliphatic heterocycles. The fourth-order valence-electron chi connectivity index (χ4n) is 2.24. The molecule has 0 unspecified atom stereocenters. The van der Waals surface area contributed by atoms with Crippen LogP contribution >= 0.6 is 11.6 Å². The first-order valence-electron chi connectivity index (χ1n) is 7.11. The lowest BCUT2D eigenvalue weighted by molar-refractivity contribution is -0.121. The molecule has 0 saturated carbocycles. The van der Waals surface area contributed by atoms with Crippen molar-refractivity contribution < 1.29 is 9.53 Å².